The molecule has 1 aromatic heterocycles. The van der Waals surface area contributed by atoms with E-state index in [2.05, 4.69) is 10.4 Å². The van der Waals surface area contributed by atoms with E-state index in [1.807, 2.05) is 0 Å². The highest BCUT2D eigenvalue weighted by Gasteiger charge is 2.39. The Labute approximate surface area is 200 Å². The largest absolute Gasteiger partial charge is 0.480 e. The topological polar surface area (TPSA) is 78.2 Å². The number of ether oxygens (including phenoxy) is 1. The van der Waals surface area contributed by atoms with E-state index < -0.39 is 52.5 Å². The first kappa shape index (κ1) is 24.7. The van der Waals surface area contributed by atoms with Crippen LogP contribution in [-0.2, 0) is 13.0 Å². The van der Waals surface area contributed by atoms with Crippen LogP contribution in [0, 0.1) is 11.6 Å². The highest BCUT2D eigenvalue weighted by molar-refractivity contribution is 6.34. The minimum atomic E-state index is -4.81. The van der Waals surface area contributed by atoms with E-state index in [0.29, 0.717) is 31.8 Å². The van der Waals surface area contributed by atoms with Gasteiger partial charge in [-0.15, -0.1) is 5.10 Å². The third-order valence-corrected chi connectivity index (χ3v) is 5.76. The summed E-state index contributed by atoms with van der Waals surface area (Å²) < 4.78 is 75.4. The summed E-state index contributed by atoms with van der Waals surface area (Å²) in [7, 11) is 0. The Balaban J connectivity index is 1.80. The fraction of sp³-hybridized carbons (Fsp3) is 0.318. The van der Waals surface area contributed by atoms with Crippen LogP contribution in [-0.4, -0.2) is 32.5 Å². The molecule has 0 spiro atoms. The predicted molar refractivity (Wildman–Crippen MR) is 116 cm³/mol. The monoisotopic (exact) mass is 516 g/mol. The van der Waals surface area contributed by atoms with Crippen LogP contribution < -0.4 is 15.7 Å². The third kappa shape index (κ3) is 5.02. The van der Waals surface area contributed by atoms with Crippen LogP contribution in [0.25, 0.3) is 5.69 Å². The fourth-order valence-corrected chi connectivity index (χ4v) is 3.74. The molecular weight excluding hydrogens is 499 g/mol. The smallest absolute Gasteiger partial charge is 0.425 e. The SMILES string of the molecule is CC(Oc1cc(-n2nc3n(c2=O)CCCC3)c(F)cc1C(=O)Nc1cc(F)ccc1Cl)C(F)(F)F. The van der Waals surface area contributed by atoms with E-state index in [9.17, 15) is 27.2 Å². The van der Waals surface area contributed by atoms with Crippen molar-refractivity contribution in [2.45, 2.75) is 45.0 Å². The summed E-state index contributed by atoms with van der Waals surface area (Å²) in [6.07, 6.45) is -5.21. The van der Waals surface area contributed by atoms with Crippen LogP contribution in [0.2, 0.25) is 5.02 Å². The van der Waals surface area contributed by atoms with Gasteiger partial charge in [-0.05, 0) is 44.0 Å². The third-order valence-electron chi connectivity index (χ3n) is 5.43. The van der Waals surface area contributed by atoms with Gasteiger partial charge in [0.05, 0.1) is 16.3 Å². The van der Waals surface area contributed by atoms with E-state index >= 15 is 4.39 Å². The van der Waals surface area contributed by atoms with Crippen LogP contribution in [0.3, 0.4) is 0 Å². The molecule has 0 fully saturated rings. The van der Waals surface area contributed by atoms with Gasteiger partial charge < -0.3 is 10.1 Å². The summed E-state index contributed by atoms with van der Waals surface area (Å²) in [6.45, 7) is 1.08. The highest BCUT2D eigenvalue weighted by Crippen LogP contribution is 2.32. The number of amides is 1. The number of hydrogen-bond acceptors (Lipinski definition) is 4. The van der Waals surface area contributed by atoms with Crippen LogP contribution in [0.5, 0.6) is 5.75 Å². The van der Waals surface area contributed by atoms with Crippen LogP contribution in [0.1, 0.15) is 35.9 Å². The molecule has 186 valence electrons. The minimum absolute atomic E-state index is 0.0573. The van der Waals surface area contributed by atoms with Crippen molar-refractivity contribution in [2.75, 3.05) is 5.32 Å². The van der Waals surface area contributed by atoms with Crippen LogP contribution in [0.4, 0.5) is 27.6 Å². The second kappa shape index (κ2) is 9.33. The molecule has 1 aliphatic heterocycles. The van der Waals surface area contributed by atoms with Crippen molar-refractivity contribution in [1.29, 1.82) is 0 Å². The van der Waals surface area contributed by atoms with Crippen LogP contribution >= 0.6 is 11.6 Å². The quantitative estimate of drug-likeness (QED) is 0.490. The van der Waals surface area contributed by atoms with Crippen LogP contribution in [0.15, 0.2) is 35.1 Å². The summed E-state index contributed by atoms with van der Waals surface area (Å²) >= 11 is 5.93. The van der Waals surface area contributed by atoms with Gasteiger partial charge in [-0.2, -0.15) is 17.9 Å². The zero-order valence-electron chi connectivity index (χ0n) is 18.1. The standard InChI is InChI=1S/C22H18ClF5N4O3/c1-11(22(26,27)28)35-18-10-17(32-21(34)31-7-3-2-4-19(31)30-32)15(25)9-13(18)20(33)29-16-8-12(24)5-6-14(16)23/h5-6,8-11H,2-4,7H2,1H3,(H,29,33). The Morgan fingerprint density at radius 1 is 1.20 bits per heavy atom. The Kier molecular flexibility index (Phi) is 6.58. The van der Waals surface area contributed by atoms with Gasteiger partial charge in [0, 0.05) is 19.0 Å². The minimum Gasteiger partial charge on any atom is -0.480 e. The number of alkyl halides is 3. The summed E-state index contributed by atoms with van der Waals surface area (Å²) in [5, 5.41) is 6.28. The van der Waals surface area contributed by atoms with E-state index in [-0.39, 0.29) is 10.7 Å². The van der Waals surface area contributed by atoms with E-state index in [1.54, 1.807) is 0 Å². The van der Waals surface area contributed by atoms with E-state index in [4.69, 9.17) is 16.3 Å². The molecule has 0 saturated heterocycles. The Morgan fingerprint density at radius 2 is 1.94 bits per heavy atom. The van der Waals surface area contributed by atoms with Gasteiger partial charge in [-0.1, -0.05) is 11.6 Å². The molecule has 1 N–H and O–H groups in total. The second-order valence-electron chi connectivity index (χ2n) is 7.90. The molecule has 13 heteroatoms. The molecule has 7 nitrogen and oxygen atoms in total. The lowest BCUT2D eigenvalue weighted by atomic mass is 10.1. The number of carbonyl (C=O) groups is 1. The van der Waals surface area contributed by atoms with Gasteiger partial charge in [-0.25, -0.2) is 13.6 Å². The number of nitrogens with zero attached hydrogens (tertiary/aromatic N) is 3. The summed E-state index contributed by atoms with van der Waals surface area (Å²) in [6, 6.07) is 4.51. The zero-order valence-corrected chi connectivity index (χ0v) is 18.9. The van der Waals surface area contributed by atoms with Gasteiger partial charge in [0.1, 0.15) is 28.9 Å². The summed E-state index contributed by atoms with van der Waals surface area (Å²) in [5.74, 6) is -3.20. The number of nitrogens with one attached hydrogen (secondary N) is 1. The number of anilines is 1. The van der Waals surface area contributed by atoms with Gasteiger partial charge >= 0.3 is 11.9 Å². The van der Waals surface area contributed by atoms with Gasteiger partial charge in [-0.3, -0.25) is 9.36 Å². The number of fused-ring (bicyclic) bond motifs is 1. The first-order valence-corrected chi connectivity index (χ1v) is 10.9. The van der Waals surface area contributed by atoms with Crippen molar-refractivity contribution in [1.82, 2.24) is 14.3 Å². The molecule has 1 unspecified atom stereocenters. The van der Waals surface area contributed by atoms with Gasteiger partial charge in [0.25, 0.3) is 5.91 Å². The second-order valence-corrected chi connectivity index (χ2v) is 8.31. The first-order valence-electron chi connectivity index (χ1n) is 10.5. The maximum atomic E-state index is 15.1. The number of benzene rings is 2. The molecule has 1 atom stereocenters. The maximum absolute atomic E-state index is 15.1. The number of halogens is 6. The van der Waals surface area contributed by atoms with Gasteiger partial charge in [0.2, 0.25) is 0 Å². The Morgan fingerprint density at radius 3 is 2.63 bits per heavy atom. The highest BCUT2D eigenvalue weighted by atomic mass is 35.5. The zero-order chi connectivity index (χ0) is 25.5. The molecular formula is C22H18ClF5N4O3. The van der Waals surface area contributed by atoms with Crippen molar-refractivity contribution in [3.63, 3.8) is 0 Å². The lowest BCUT2D eigenvalue weighted by Gasteiger charge is -2.20. The summed E-state index contributed by atoms with van der Waals surface area (Å²) in [5.41, 5.74) is -1.97. The average molecular weight is 517 g/mol. The number of rotatable bonds is 5. The Bertz CT molecular complexity index is 1350. The van der Waals surface area contributed by atoms with Gasteiger partial charge in [0.15, 0.2) is 6.10 Å². The first-order chi connectivity index (χ1) is 16.5. The molecule has 1 aliphatic rings. The lowest BCUT2D eigenvalue weighted by molar-refractivity contribution is -0.189. The molecule has 2 aromatic carbocycles. The molecule has 3 aromatic rings. The molecule has 2 heterocycles. The lowest BCUT2D eigenvalue weighted by Crippen LogP contribution is -2.32. The maximum Gasteiger partial charge on any atom is 0.425 e. The molecule has 0 saturated carbocycles. The number of carbonyl (C=O) groups excluding carboxylic acids is 1. The molecule has 0 radical (unpaired) electrons. The molecule has 0 aliphatic carbocycles. The average Bonchev–Trinajstić information content (AvgIpc) is 3.13. The van der Waals surface area contributed by atoms with Crippen molar-refractivity contribution < 1.29 is 31.5 Å². The van der Waals surface area contributed by atoms with E-state index in [0.717, 1.165) is 41.8 Å². The van der Waals surface area contributed by atoms with Crippen molar-refractivity contribution in [2.24, 2.45) is 0 Å². The molecule has 35 heavy (non-hydrogen) atoms. The number of aryl methyl sites for hydroxylation is 1. The number of aromatic nitrogens is 3. The molecule has 4 rings (SSSR count). The predicted octanol–water partition coefficient (Wildman–Crippen LogP) is 4.88. The Hall–Kier alpha value is -3.41. The van der Waals surface area contributed by atoms with Crippen molar-refractivity contribution >= 4 is 23.2 Å². The molecule has 1 amide bonds. The van der Waals surface area contributed by atoms with Crippen molar-refractivity contribution in [3.8, 4) is 11.4 Å². The molecule has 0 bridgehead atoms. The van der Waals surface area contributed by atoms with Crippen molar-refractivity contribution in [3.05, 3.63) is 68.9 Å². The van der Waals surface area contributed by atoms with E-state index in [1.165, 1.54) is 4.57 Å². The fourth-order valence-electron chi connectivity index (χ4n) is 3.58. The normalized spacial score (nSPS) is 14.4. The number of hydrogen-bond donors (Lipinski definition) is 1. The summed E-state index contributed by atoms with van der Waals surface area (Å²) in [4.78, 5) is 25.6.